The molecule has 0 aromatic heterocycles. The third-order valence-corrected chi connectivity index (χ3v) is 2.44. The van der Waals surface area contributed by atoms with Gasteiger partial charge in [0.25, 0.3) is 0 Å². The topological polar surface area (TPSA) is 113 Å². The molecule has 0 bridgehead atoms. The molecule has 1 atom stereocenters. The predicted molar refractivity (Wildman–Crippen MR) is 65.8 cm³/mol. The lowest BCUT2D eigenvalue weighted by Gasteiger charge is -2.31. The predicted octanol–water partition coefficient (Wildman–Crippen LogP) is 0.000900. The lowest BCUT2D eigenvalue weighted by molar-refractivity contribution is -0.147. The van der Waals surface area contributed by atoms with Crippen LogP contribution < -0.4 is 11.1 Å². The van der Waals surface area contributed by atoms with Gasteiger partial charge in [0, 0.05) is 6.04 Å². The van der Waals surface area contributed by atoms with Crippen LogP contribution in [-0.4, -0.2) is 46.5 Å². The summed E-state index contributed by atoms with van der Waals surface area (Å²) in [6.45, 7) is 6.51. The summed E-state index contributed by atoms with van der Waals surface area (Å²) in [6.07, 6.45) is 0. The van der Waals surface area contributed by atoms with Gasteiger partial charge in [-0.25, -0.2) is 4.79 Å². The molecule has 0 aliphatic rings. The number of carboxylic acid groups (broad SMARTS) is 1. The molecule has 7 nitrogen and oxygen atoms in total. The molecule has 0 spiro atoms. The van der Waals surface area contributed by atoms with E-state index in [1.54, 1.807) is 27.7 Å². The van der Waals surface area contributed by atoms with Crippen LogP contribution in [0.1, 0.15) is 27.7 Å². The van der Waals surface area contributed by atoms with Crippen molar-refractivity contribution in [3.8, 4) is 0 Å². The van der Waals surface area contributed by atoms with Crippen LogP contribution in [0.3, 0.4) is 0 Å². The number of urea groups is 1. The Morgan fingerprint density at radius 3 is 2.00 bits per heavy atom. The summed E-state index contributed by atoms with van der Waals surface area (Å²) in [4.78, 5) is 35.0. The first-order chi connectivity index (χ1) is 8.16. The zero-order valence-corrected chi connectivity index (χ0v) is 11.1. The molecule has 18 heavy (non-hydrogen) atoms. The van der Waals surface area contributed by atoms with Gasteiger partial charge >= 0.3 is 12.0 Å². The highest BCUT2D eigenvalue weighted by molar-refractivity contribution is 5.89. The molecule has 0 aromatic carbocycles. The molecule has 0 aliphatic carbocycles. The lowest BCUT2D eigenvalue weighted by Crippen LogP contribution is -2.55. The average Bonchev–Trinajstić information content (AvgIpc) is 2.20. The number of carbonyl (C=O) groups excluding carboxylic acids is 2. The van der Waals surface area contributed by atoms with E-state index in [-0.39, 0.29) is 12.0 Å². The van der Waals surface area contributed by atoms with Gasteiger partial charge in [0.15, 0.2) is 0 Å². The molecule has 0 saturated carbocycles. The average molecular weight is 259 g/mol. The fourth-order valence-electron chi connectivity index (χ4n) is 1.51. The number of rotatable bonds is 6. The van der Waals surface area contributed by atoms with Crippen molar-refractivity contribution < 1.29 is 19.5 Å². The number of hydrogen-bond donors (Lipinski definition) is 3. The van der Waals surface area contributed by atoms with Gasteiger partial charge in [0.05, 0.1) is 0 Å². The van der Waals surface area contributed by atoms with Gasteiger partial charge in [-0.15, -0.1) is 0 Å². The third-order valence-electron chi connectivity index (χ3n) is 2.44. The molecule has 1 unspecified atom stereocenters. The molecule has 0 heterocycles. The van der Waals surface area contributed by atoms with Crippen LogP contribution in [0.2, 0.25) is 0 Å². The second-order valence-corrected chi connectivity index (χ2v) is 4.68. The van der Waals surface area contributed by atoms with Crippen LogP contribution in [0, 0.1) is 5.92 Å². The van der Waals surface area contributed by atoms with Crippen molar-refractivity contribution in [3.63, 3.8) is 0 Å². The Morgan fingerprint density at radius 2 is 1.72 bits per heavy atom. The summed E-state index contributed by atoms with van der Waals surface area (Å²) in [7, 11) is 0. The van der Waals surface area contributed by atoms with Crippen LogP contribution in [0.4, 0.5) is 4.79 Å². The van der Waals surface area contributed by atoms with Gasteiger partial charge in [-0.3, -0.25) is 9.59 Å². The number of nitrogens with zero attached hydrogens (tertiary/aromatic N) is 1. The summed E-state index contributed by atoms with van der Waals surface area (Å²) >= 11 is 0. The fraction of sp³-hybridized carbons (Fsp3) is 0.727. The molecule has 7 heteroatoms. The minimum atomic E-state index is -1.10. The van der Waals surface area contributed by atoms with Crippen LogP contribution in [0.5, 0.6) is 0 Å². The van der Waals surface area contributed by atoms with E-state index in [2.05, 4.69) is 5.32 Å². The summed E-state index contributed by atoms with van der Waals surface area (Å²) in [5.74, 6) is -1.72. The first-order valence-electron chi connectivity index (χ1n) is 5.75. The number of amides is 3. The fourth-order valence-corrected chi connectivity index (χ4v) is 1.51. The molecule has 4 N–H and O–H groups in total. The normalized spacial score (nSPS) is 12.3. The van der Waals surface area contributed by atoms with E-state index < -0.39 is 30.5 Å². The van der Waals surface area contributed by atoms with Crippen LogP contribution in [0.25, 0.3) is 0 Å². The number of primary amides is 1. The molecule has 0 aromatic rings. The lowest BCUT2D eigenvalue weighted by atomic mass is 10.0. The maximum absolute atomic E-state index is 12.2. The standard InChI is InChI=1S/C11H21N3O4/c1-6(2)9(13-11(12)18)10(17)14(7(3)4)5-8(15)16/h6-7,9H,5H2,1-4H3,(H,15,16)(H3,12,13,18). The van der Waals surface area contributed by atoms with E-state index in [1.807, 2.05) is 0 Å². The van der Waals surface area contributed by atoms with Crippen molar-refractivity contribution in [2.75, 3.05) is 6.54 Å². The maximum Gasteiger partial charge on any atom is 0.323 e. The Morgan fingerprint density at radius 1 is 1.22 bits per heavy atom. The van der Waals surface area contributed by atoms with E-state index in [1.165, 1.54) is 4.90 Å². The van der Waals surface area contributed by atoms with E-state index in [4.69, 9.17) is 10.8 Å². The first-order valence-corrected chi connectivity index (χ1v) is 5.75. The van der Waals surface area contributed by atoms with Crippen molar-refractivity contribution in [3.05, 3.63) is 0 Å². The maximum atomic E-state index is 12.2. The summed E-state index contributed by atoms with van der Waals surface area (Å²) in [6, 6.07) is -1.89. The third kappa shape index (κ3) is 5.03. The Hall–Kier alpha value is -1.79. The Labute approximate surface area is 106 Å². The summed E-state index contributed by atoms with van der Waals surface area (Å²) in [5.41, 5.74) is 5.01. The van der Waals surface area contributed by atoms with Gasteiger partial charge in [-0.2, -0.15) is 0 Å². The number of aliphatic carboxylic acids is 1. The van der Waals surface area contributed by atoms with Crippen molar-refractivity contribution >= 4 is 17.9 Å². The minimum Gasteiger partial charge on any atom is -0.480 e. The smallest absolute Gasteiger partial charge is 0.323 e. The van der Waals surface area contributed by atoms with E-state index in [0.29, 0.717) is 0 Å². The molecule has 104 valence electrons. The zero-order chi connectivity index (χ0) is 14.5. The number of nitrogens with two attached hydrogens (primary N) is 1. The van der Waals surface area contributed by atoms with E-state index in [0.717, 1.165) is 0 Å². The molecule has 0 saturated heterocycles. The highest BCUT2D eigenvalue weighted by Crippen LogP contribution is 2.09. The highest BCUT2D eigenvalue weighted by atomic mass is 16.4. The molecular weight excluding hydrogens is 238 g/mol. The second kappa shape index (κ2) is 6.83. The summed E-state index contributed by atoms with van der Waals surface area (Å²) < 4.78 is 0. The van der Waals surface area contributed by atoms with Gasteiger partial charge < -0.3 is 21.1 Å². The largest absolute Gasteiger partial charge is 0.480 e. The molecule has 0 rings (SSSR count). The highest BCUT2D eigenvalue weighted by Gasteiger charge is 2.30. The zero-order valence-electron chi connectivity index (χ0n) is 11.1. The summed E-state index contributed by atoms with van der Waals surface area (Å²) in [5, 5.41) is 11.1. The number of hydrogen-bond acceptors (Lipinski definition) is 3. The number of carboxylic acids is 1. The van der Waals surface area contributed by atoms with E-state index >= 15 is 0 Å². The Balaban J connectivity index is 5.00. The van der Waals surface area contributed by atoms with Crippen LogP contribution in [0.15, 0.2) is 0 Å². The SMILES string of the molecule is CC(C)C(NC(N)=O)C(=O)N(CC(=O)O)C(C)C. The first kappa shape index (κ1) is 16.2. The van der Waals surface area contributed by atoms with Gasteiger partial charge in [0.2, 0.25) is 5.91 Å². The van der Waals surface area contributed by atoms with Gasteiger partial charge in [-0.05, 0) is 19.8 Å². The molecule has 0 radical (unpaired) electrons. The van der Waals surface area contributed by atoms with E-state index in [9.17, 15) is 14.4 Å². The number of carbonyl (C=O) groups is 3. The monoisotopic (exact) mass is 259 g/mol. The van der Waals surface area contributed by atoms with Gasteiger partial charge in [-0.1, -0.05) is 13.8 Å². The minimum absolute atomic E-state index is 0.181. The van der Waals surface area contributed by atoms with Gasteiger partial charge in [0.1, 0.15) is 12.6 Å². The number of nitrogens with one attached hydrogen (secondary N) is 1. The van der Waals surface area contributed by atoms with Crippen LogP contribution >= 0.6 is 0 Å². The van der Waals surface area contributed by atoms with Crippen molar-refractivity contribution in [1.82, 2.24) is 10.2 Å². The molecular formula is C11H21N3O4. The quantitative estimate of drug-likeness (QED) is 0.623. The molecule has 0 fully saturated rings. The second-order valence-electron chi connectivity index (χ2n) is 4.68. The van der Waals surface area contributed by atoms with Crippen molar-refractivity contribution in [2.24, 2.45) is 11.7 Å². The van der Waals surface area contributed by atoms with Crippen molar-refractivity contribution in [1.29, 1.82) is 0 Å². The molecule has 0 aliphatic heterocycles. The molecule has 3 amide bonds. The van der Waals surface area contributed by atoms with Crippen molar-refractivity contribution in [2.45, 2.75) is 39.8 Å². The Bertz CT molecular complexity index is 298. The van der Waals surface area contributed by atoms with Crippen LogP contribution in [-0.2, 0) is 9.59 Å². The Kier molecular flexibility index (Phi) is 6.15.